The lowest BCUT2D eigenvalue weighted by Gasteiger charge is -2.32. The fourth-order valence-electron chi connectivity index (χ4n) is 6.72. The van der Waals surface area contributed by atoms with Crippen LogP contribution in [0.5, 0.6) is 0 Å². The lowest BCUT2D eigenvalue weighted by atomic mass is 9.71. The van der Waals surface area contributed by atoms with Gasteiger partial charge in [-0.3, -0.25) is 9.59 Å². The van der Waals surface area contributed by atoms with Gasteiger partial charge in [0.05, 0.1) is 0 Å². The van der Waals surface area contributed by atoms with Crippen molar-refractivity contribution in [3.63, 3.8) is 0 Å². The second-order valence-electron chi connectivity index (χ2n) is 18.4. The van der Waals surface area contributed by atoms with Crippen molar-refractivity contribution in [1.82, 2.24) is 0 Å². The van der Waals surface area contributed by atoms with Gasteiger partial charge in [-0.1, -0.05) is 143 Å². The number of hydrogen-bond donors (Lipinski definition) is 0. The van der Waals surface area contributed by atoms with Crippen LogP contribution in [0.4, 0.5) is 0 Å². The van der Waals surface area contributed by atoms with Crippen LogP contribution in [0.1, 0.15) is 115 Å². The van der Waals surface area contributed by atoms with Gasteiger partial charge >= 0.3 is 0 Å². The van der Waals surface area contributed by atoms with Crippen LogP contribution in [0.25, 0.3) is 11.1 Å². The van der Waals surface area contributed by atoms with Crippen molar-refractivity contribution in [3.05, 3.63) is 150 Å². The summed E-state index contributed by atoms with van der Waals surface area (Å²) in [6.07, 6.45) is 8.54. The number of allylic oxidation sites excluding steroid dienone is 10. The zero-order valence-corrected chi connectivity index (χ0v) is 34.1. The van der Waals surface area contributed by atoms with E-state index in [2.05, 4.69) is 182 Å². The molecule has 0 unspecified atom stereocenters. The molecule has 0 radical (unpaired) electrons. The molecule has 51 heavy (non-hydrogen) atoms. The number of hydrogen-bond acceptors (Lipinski definition) is 3. The van der Waals surface area contributed by atoms with Crippen molar-refractivity contribution in [2.45, 2.75) is 96.9 Å². The zero-order valence-electron chi connectivity index (χ0n) is 33.3. The van der Waals surface area contributed by atoms with E-state index in [9.17, 15) is 9.59 Å². The van der Waals surface area contributed by atoms with E-state index in [1.54, 1.807) is 11.3 Å². The average Bonchev–Trinajstić information content (AvgIpc) is 3.47. The highest BCUT2D eigenvalue weighted by Crippen LogP contribution is 2.46. The summed E-state index contributed by atoms with van der Waals surface area (Å²) >= 11 is 1.77. The first-order valence-corrected chi connectivity index (χ1v) is 19.0. The number of aryl methyl sites for hydroxylation is 2. The molecule has 0 spiro atoms. The third-order valence-electron chi connectivity index (χ3n) is 9.77. The van der Waals surface area contributed by atoms with Crippen LogP contribution in [-0.4, -0.2) is 11.6 Å². The molecular weight excluding hydrogens is 641 g/mol. The molecule has 5 rings (SSSR count). The van der Waals surface area contributed by atoms with Gasteiger partial charge in [-0.2, -0.15) is 0 Å². The molecule has 0 aliphatic heterocycles. The first kappa shape index (κ1) is 38.2. The Kier molecular flexibility index (Phi) is 10.1. The van der Waals surface area contributed by atoms with Crippen LogP contribution in [0.3, 0.4) is 0 Å². The van der Waals surface area contributed by atoms with Crippen LogP contribution in [0.2, 0.25) is 0 Å². The summed E-state index contributed by atoms with van der Waals surface area (Å²) in [6, 6.07) is 21.9. The van der Waals surface area contributed by atoms with Gasteiger partial charge in [-0.15, -0.1) is 11.3 Å². The minimum atomic E-state index is -0.318. The molecule has 0 saturated carbocycles. The summed E-state index contributed by atoms with van der Waals surface area (Å²) in [5, 5.41) is 0. The third kappa shape index (κ3) is 8.05. The Morgan fingerprint density at radius 3 is 0.902 bits per heavy atom. The maximum Gasteiger partial charge on any atom is 0.186 e. The Morgan fingerprint density at radius 2 is 0.667 bits per heavy atom. The number of Topliss-reactive ketones (excluding diaryl/α,β-unsaturated/α-hetero) is 2. The molecule has 0 atom stereocenters. The predicted molar refractivity (Wildman–Crippen MR) is 219 cm³/mol. The fraction of sp³-hybridized carbons (Fsp3) is 0.375. The van der Waals surface area contributed by atoms with E-state index in [1.165, 1.54) is 11.1 Å². The van der Waals surface area contributed by atoms with E-state index >= 15 is 0 Å². The molecule has 266 valence electrons. The lowest BCUT2D eigenvalue weighted by molar-refractivity contribution is -0.114. The van der Waals surface area contributed by atoms with Crippen molar-refractivity contribution >= 4 is 34.0 Å². The molecule has 0 amide bonds. The summed E-state index contributed by atoms with van der Waals surface area (Å²) in [4.78, 5) is 30.2. The quantitative estimate of drug-likeness (QED) is 0.272. The maximum absolute atomic E-state index is 14.0. The molecule has 0 bridgehead atoms. The second kappa shape index (κ2) is 13.5. The SMILES string of the molecule is Cc1ccc(C(=C2C=C(C(C)(C)C)C(=O)C(C(C)(C)C)=C2)c2ccc(C(=C3C=C(C(C)(C)C)C(=O)C(C(C)(C)C)=C3)c3ccc(C)cc3)s2)cc1. The number of benzene rings is 2. The summed E-state index contributed by atoms with van der Waals surface area (Å²) in [7, 11) is 0. The van der Waals surface area contributed by atoms with Crippen LogP contribution in [0, 0.1) is 35.5 Å². The van der Waals surface area contributed by atoms with E-state index in [0.717, 1.165) is 65.5 Å². The summed E-state index contributed by atoms with van der Waals surface area (Å²) in [6.45, 7) is 29.8. The lowest BCUT2D eigenvalue weighted by Crippen LogP contribution is -2.28. The summed E-state index contributed by atoms with van der Waals surface area (Å²) in [5.74, 6) is 0.269. The monoisotopic (exact) mass is 696 g/mol. The third-order valence-corrected chi connectivity index (χ3v) is 10.9. The van der Waals surface area contributed by atoms with Crippen molar-refractivity contribution in [2.75, 3.05) is 0 Å². The number of thiophene rings is 1. The molecule has 2 aliphatic carbocycles. The van der Waals surface area contributed by atoms with Crippen molar-refractivity contribution in [3.8, 4) is 0 Å². The van der Waals surface area contributed by atoms with Crippen LogP contribution in [-0.2, 0) is 9.59 Å². The minimum absolute atomic E-state index is 0.134. The smallest absolute Gasteiger partial charge is 0.186 e. The standard InChI is InChI=1S/C48H56O2S/c1-29-15-19-31(20-16-29)41(33-25-35(45(3,4)5)43(49)36(26-33)46(6,7)8)39-23-24-40(51-39)42(32-21-17-30(2)18-22-32)34-27-37(47(9,10)11)44(50)38(28-34)48(12,13)14/h15-28H,1-14H3. The predicted octanol–water partition coefficient (Wildman–Crippen LogP) is 13.0. The molecule has 1 aromatic heterocycles. The van der Waals surface area contributed by atoms with Crippen molar-refractivity contribution in [2.24, 2.45) is 21.7 Å². The first-order chi connectivity index (χ1) is 23.5. The van der Waals surface area contributed by atoms with Gasteiger partial charge in [-0.25, -0.2) is 0 Å². The molecule has 2 nitrogen and oxygen atoms in total. The Labute approximate surface area is 311 Å². The highest BCUT2D eigenvalue weighted by molar-refractivity contribution is 7.14. The van der Waals surface area contributed by atoms with Crippen LogP contribution >= 0.6 is 11.3 Å². The van der Waals surface area contributed by atoms with E-state index in [-0.39, 0.29) is 33.2 Å². The molecular formula is C48H56O2S. The molecule has 0 saturated heterocycles. The van der Waals surface area contributed by atoms with E-state index in [0.29, 0.717) is 0 Å². The fourth-order valence-corrected chi connectivity index (χ4v) is 7.91. The maximum atomic E-state index is 14.0. The van der Waals surface area contributed by atoms with Gasteiger partial charge in [0.1, 0.15) is 0 Å². The minimum Gasteiger partial charge on any atom is -0.289 e. The Morgan fingerprint density at radius 1 is 0.412 bits per heavy atom. The van der Waals surface area contributed by atoms with Crippen LogP contribution < -0.4 is 0 Å². The molecule has 3 aromatic rings. The summed E-state index contributed by atoms with van der Waals surface area (Å²) in [5.41, 5.74) is 11.0. The average molecular weight is 697 g/mol. The second-order valence-corrected chi connectivity index (χ2v) is 19.5. The molecule has 0 fully saturated rings. The van der Waals surface area contributed by atoms with E-state index in [1.807, 2.05) is 0 Å². The molecule has 0 N–H and O–H groups in total. The first-order valence-electron chi connectivity index (χ1n) is 18.2. The van der Waals surface area contributed by atoms with Gasteiger partial charge in [0.25, 0.3) is 0 Å². The Balaban J connectivity index is 1.87. The van der Waals surface area contributed by atoms with Gasteiger partial charge in [0.15, 0.2) is 11.6 Å². The topological polar surface area (TPSA) is 34.1 Å². The van der Waals surface area contributed by atoms with Crippen molar-refractivity contribution in [1.29, 1.82) is 0 Å². The molecule has 3 heteroatoms. The number of rotatable bonds is 4. The number of ketones is 2. The molecule has 2 aliphatic rings. The van der Waals surface area contributed by atoms with Gasteiger partial charge < -0.3 is 0 Å². The summed E-state index contributed by atoms with van der Waals surface area (Å²) < 4.78 is 0. The normalized spacial score (nSPS) is 16.1. The van der Waals surface area contributed by atoms with Gasteiger partial charge in [0, 0.05) is 43.2 Å². The van der Waals surface area contributed by atoms with Gasteiger partial charge in [-0.05, 0) is 94.2 Å². The number of carbonyl (C=O) groups excluding carboxylic acids is 2. The molecule has 1 heterocycles. The Hall–Kier alpha value is -4.08. The largest absolute Gasteiger partial charge is 0.289 e. The molecule has 2 aromatic carbocycles. The zero-order chi connectivity index (χ0) is 37.8. The van der Waals surface area contributed by atoms with Gasteiger partial charge in [0.2, 0.25) is 0 Å². The van der Waals surface area contributed by atoms with E-state index < -0.39 is 0 Å². The van der Waals surface area contributed by atoms with Crippen molar-refractivity contribution < 1.29 is 9.59 Å². The van der Waals surface area contributed by atoms with E-state index in [4.69, 9.17) is 0 Å². The van der Waals surface area contributed by atoms with Crippen LogP contribution in [0.15, 0.2) is 118 Å². The highest BCUT2D eigenvalue weighted by atomic mass is 32.1. The number of carbonyl (C=O) groups is 2. The highest BCUT2D eigenvalue weighted by Gasteiger charge is 2.36. The Bertz CT molecular complexity index is 1840.